The second-order valence-corrected chi connectivity index (χ2v) is 5.67. The number of nitrogens with zero attached hydrogens (tertiary/aromatic N) is 1. The van der Waals surface area contributed by atoms with Gasteiger partial charge in [-0.2, -0.15) is 0 Å². The van der Waals surface area contributed by atoms with Gasteiger partial charge in [-0.15, -0.1) is 0 Å². The maximum absolute atomic E-state index is 11.5. The van der Waals surface area contributed by atoms with E-state index in [1.165, 1.54) is 5.56 Å². The van der Waals surface area contributed by atoms with Crippen LogP contribution in [0.15, 0.2) is 24.3 Å². The molecule has 0 aromatic heterocycles. The number of carboxylic acid groups (broad SMARTS) is 1. The molecule has 0 bridgehead atoms. The first-order valence-electron chi connectivity index (χ1n) is 6.94. The third-order valence-electron chi connectivity index (χ3n) is 4.47. The molecule has 3 atom stereocenters. The van der Waals surface area contributed by atoms with Crippen molar-refractivity contribution in [2.75, 3.05) is 18.9 Å². The summed E-state index contributed by atoms with van der Waals surface area (Å²) in [5, 5.41) is 13.0. The average molecular weight is 260 g/mol. The number of anilines is 1. The molecule has 1 saturated heterocycles. The highest BCUT2D eigenvalue weighted by Crippen LogP contribution is 2.33. The SMILES string of the molecule is CN1CCCC(C(=O)O)C1C1Cc2ccccc2N1. The minimum Gasteiger partial charge on any atom is -0.481 e. The Morgan fingerprint density at radius 2 is 2.21 bits per heavy atom. The predicted octanol–water partition coefficient (Wildman–Crippen LogP) is 1.82. The number of carbonyl (C=O) groups is 1. The van der Waals surface area contributed by atoms with Crippen LogP contribution in [0.5, 0.6) is 0 Å². The summed E-state index contributed by atoms with van der Waals surface area (Å²) in [6, 6.07) is 8.56. The molecular formula is C15H20N2O2. The van der Waals surface area contributed by atoms with Crippen LogP contribution in [-0.2, 0) is 11.2 Å². The summed E-state index contributed by atoms with van der Waals surface area (Å²) in [6.07, 6.45) is 2.69. The van der Waals surface area contributed by atoms with E-state index in [0.29, 0.717) is 0 Å². The molecule has 1 fully saturated rings. The van der Waals surface area contributed by atoms with Crippen LogP contribution in [0.25, 0.3) is 0 Å². The van der Waals surface area contributed by atoms with Gasteiger partial charge < -0.3 is 15.3 Å². The molecule has 2 aliphatic heterocycles. The summed E-state index contributed by atoms with van der Waals surface area (Å²) in [5.74, 6) is -0.917. The molecule has 4 heteroatoms. The molecule has 4 nitrogen and oxygen atoms in total. The van der Waals surface area contributed by atoms with E-state index in [2.05, 4.69) is 22.3 Å². The van der Waals surface area contributed by atoms with Crippen molar-refractivity contribution in [1.82, 2.24) is 4.90 Å². The standard InChI is InChI=1S/C15H20N2O2/c1-17-8-4-6-11(15(18)19)14(17)13-9-10-5-2-3-7-12(10)16-13/h2-3,5,7,11,13-14,16H,4,6,8-9H2,1H3,(H,18,19). The second-order valence-electron chi connectivity index (χ2n) is 5.67. The molecule has 1 aromatic rings. The highest BCUT2D eigenvalue weighted by Gasteiger charge is 2.41. The maximum Gasteiger partial charge on any atom is 0.308 e. The van der Waals surface area contributed by atoms with Gasteiger partial charge in [0.25, 0.3) is 0 Å². The van der Waals surface area contributed by atoms with Crippen molar-refractivity contribution < 1.29 is 9.90 Å². The maximum atomic E-state index is 11.5. The number of nitrogens with one attached hydrogen (secondary N) is 1. The summed E-state index contributed by atoms with van der Waals surface area (Å²) < 4.78 is 0. The quantitative estimate of drug-likeness (QED) is 0.851. The Balaban J connectivity index is 1.83. The van der Waals surface area contributed by atoms with E-state index in [9.17, 15) is 9.90 Å². The van der Waals surface area contributed by atoms with Crippen LogP contribution in [0.1, 0.15) is 18.4 Å². The minimum absolute atomic E-state index is 0.0821. The number of hydrogen-bond acceptors (Lipinski definition) is 3. The lowest BCUT2D eigenvalue weighted by Crippen LogP contribution is -2.54. The molecule has 3 rings (SSSR count). The molecule has 3 unspecified atom stereocenters. The normalized spacial score (nSPS) is 30.7. The van der Waals surface area contributed by atoms with E-state index in [1.807, 2.05) is 19.2 Å². The van der Waals surface area contributed by atoms with Crippen LogP contribution in [0.2, 0.25) is 0 Å². The summed E-state index contributed by atoms with van der Waals surface area (Å²) in [7, 11) is 2.05. The van der Waals surface area contributed by atoms with E-state index in [-0.39, 0.29) is 18.0 Å². The van der Waals surface area contributed by atoms with Crippen molar-refractivity contribution in [3.8, 4) is 0 Å². The highest BCUT2D eigenvalue weighted by molar-refractivity contribution is 5.71. The largest absolute Gasteiger partial charge is 0.481 e. The van der Waals surface area contributed by atoms with Gasteiger partial charge in [-0.05, 0) is 44.5 Å². The third kappa shape index (κ3) is 2.21. The number of hydrogen-bond donors (Lipinski definition) is 2. The molecule has 2 N–H and O–H groups in total. The van der Waals surface area contributed by atoms with Gasteiger partial charge in [-0.3, -0.25) is 4.79 Å². The van der Waals surface area contributed by atoms with E-state index in [4.69, 9.17) is 0 Å². The molecule has 0 aliphatic carbocycles. The van der Waals surface area contributed by atoms with Gasteiger partial charge >= 0.3 is 5.97 Å². The zero-order valence-corrected chi connectivity index (χ0v) is 11.2. The number of likely N-dealkylation sites (tertiary alicyclic amines) is 1. The number of fused-ring (bicyclic) bond motifs is 1. The Kier molecular flexibility index (Phi) is 3.19. The molecule has 102 valence electrons. The molecular weight excluding hydrogens is 240 g/mol. The van der Waals surface area contributed by atoms with Gasteiger partial charge in [0.15, 0.2) is 0 Å². The topological polar surface area (TPSA) is 52.6 Å². The van der Waals surface area contributed by atoms with Gasteiger partial charge in [-0.25, -0.2) is 0 Å². The Bertz CT molecular complexity index is 464. The lowest BCUT2D eigenvalue weighted by Gasteiger charge is -2.40. The zero-order chi connectivity index (χ0) is 13.4. The zero-order valence-electron chi connectivity index (χ0n) is 11.2. The molecule has 0 amide bonds. The summed E-state index contributed by atoms with van der Waals surface area (Å²) >= 11 is 0. The van der Waals surface area contributed by atoms with Crippen molar-refractivity contribution in [3.63, 3.8) is 0 Å². The summed E-state index contributed by atoms with van der Waals surface area (Å²) in [4.78, 5) is 13.7. The van der Waals surface area contributed by atoms with Gasteiger partial charge in [0, 0.05) is 17.8 Å². The molecule has 2 aliphatic rings. The van der Waals surface area contributed by atoms with Crippen molar-refractivity contribution >= 4 is 11.7 Å². The number of para-hydroxylation sites is 1. The first-order chi connectivity index (χ1) is 9.16. The molecule has 19 heavy (non-hydrogen) atoms. The fraction of sp³-hybridized carbons (Fsp3) is 0.533. The van der Waals surface area contributed by atoms with Crippen molar-refractivity contribution in [2.24, 2.45) is 5.92 Å². The molecule has 0 radical (unpaired) electrons. The van der Waals surface area contributed by atoms with Crippen LogP contribution in [0.4, 0.5) is 5.69 Å². The summed E-state index contributed by atoms with van der Waals surface area (Å²) in [6.45, 7) is 0.989. The lowest BCUT2D eigenvalue weighted by atomic mass is 9.84. The van der Waals surface area contributed by atoms with Gasteiger partial charge in [0.1, 0.15) is 0 Å². The predicted molar refractivity (Wildman–Crippen MR) is 74.3 cm³/mol. The van der Waals surface area contributed by atoms with Crippen molar-refractivity contribution in [1.29, 1.82) is 0 Å². The number of likely N-dealkylation sites (N-methyl/N-ethyl adjacent to an activating group) is 1. The van der Waals surface area contributed by atoms with E-state index in [0.717, 1.165) is 31.5 Å². The van der Waals surface area contributed by atoms with Crippen LogP contribution >= 0.6 is 0 Å². The van der Waals surface area contributed by atoms with Gasteiger partial charge in [-0.1, -0.05) is 18.2 Å². The number of piperidine rings is 1. The third-order valence-corrected chi connectivity index (χ3v) is 4.47. The number of rotatable bonds is 2. The van der Waals surface area contributed by atoms with Crippen molar-refractivity contribution in [2.45, 2.75) is 31.3 Å². The Labute approximate surface area is 113 Å². The molecule has 2 heterocycles. The molecule has 0 spiro atoms. The fourth-order valence-electron chi connectivity index (χ4n) is 3.58. The summed E-state index contributed by atoms with van der Waals surface area (Å²) in [5.41, 5.74) is 2.46. The molecule has 0 saturated carbocycles. The first kappa shape index (κ1) is 12.5. The highest BCUT2D eigenvalue weighted by atomic mass is 16.4. The Hall–Kier alpha value is -1.55. The van der Waals surface area contributed by atoms with Gasteiger partial charge in [0.2, 0.25) is 0 Å². The Morgan fingerprint density at radius 1 is 1.42 bits per heavy atom. The number of carboxylic acids is 1. The van der Waals surface area contributed by atoms with Crippen LogP contribution < -0.4 is 5.32 Å². The second kappa shape index (κ2) is 4.85. The van der Waals surface area contributed by atoms with Gasteiger partial charge in [0.05, 0.1) is 5.92 Å². The van der Waals surface area contributed by atoms with Crippen molar-refractivity contribution in [3.05, 3.63) is 29.8 Å². The monoisotopic (exact) mass is 260 g/mol. The average Bonchev–Trinajstić information content (AvgIpc) is 2.81. The van der Waals surface area contributed by atoms with E-state index >= 15 is 0 Å². The lowest BCUT2D eigenvalue weighted by molar-refractivity contribution is -0.146. The van der Waals surface area contributed by atoms with E-state index in [1.54, 1.807) is 0 Å². The van der Waals surface area contributed by atoms with Crippen LogP contribution in [0, 0.1) is 5.92 Å². The fourth-order valence-corrected chi connectivity index (χ4v) is 3.58. The van der Waals surface area contributed by atoms with Crippen LogP contribution in [0.3, 0.4) is 0 Å². The number of aliphatic carboxylic acids is 1. The van der Waals surface area contributed by atoms with E-state index < -0.39 is 5.97 Å². The minimum atomic E-state index is -0.658. The van der Waals surface area contributed by atoms with Crippen LogP contribution in [-0.4, -0.2) is 41.7 Å². The Morgan fingerprint density at radius 3 is 2.95 bits per heavy atom. The first-order valence-corrected chi connectivity index (χ1v) is 6.94. The smallest absolute Gasteiger partial charge is 0.308 e. The number of benzene rings is 1. The molecule has 1 aromatic carbocycles.